The van der Waals surface area contributed by atoms with Gasteiger partial charge < -0.3 is 15.5 Å². The molecule has 0 saturated carbocycles. The molecular formula is C13H17N3O. The molecule has 4 nitrogen and oxygen atoms in total. The van der Waals surface area contributed by atoms with Gasteiger partial charge in [0.05, 0.1) is 11.0 Å². The van der Waals surface area contributed by atoms with E-state index in [1.165, 1.54) is 0 Å². The molecule has 1 aromatic carbocycles. The number of hydrogen-bond donors (Lipinski definition) is 2. The summed E-state index contributed by atoms with van der Waals surface area (Å²) in [4.78, 5) is 7.95. The minimum atomic E-state index is 0.115. The maximum absolute atomic E-state index is 5.72. The number of nitrogens with one attached hydrogen (secondary N) is 1. The molecule has 2 atom stereocenters. The summed E-state index contributed by atoms with van der Waals surface area (Å²) in [5.74, 6) is 1.48. The van der Waals surface area contributed by atoms with Gasteiger partial charge in [-0.05, 0) is 30.0 Å². The summed E-state index contributed by atoms with van der Waals surface area (Å²) in [5, 5.41) is 0. The molecule has 0 amide bonds. The first-order chi connectivity index (χ1) is 8.28. The van der Waals surface area contributed by atoms with Crippen molar-refractivity contribution in [3.63, 3.8) is 0 Å². The SMILES string of the molecule is CC1CCOC1c1nc2ccc(CN)cc2[nH]1. The van der Waals surface area contributed by atoms with Gasteiger partial charge in [0.2, 0.25) is 0 Å². The van der Waals surface area contributed by atoms with Gasteiger partial charge in [-0.15, -0.1) is 0 Å². The topological polar surface area (TPSA) is 63.9 Å². The van der Waals surface area contributed by atoms with Gasteiger partial charge in [0.15, 0.2) is 0 Å². The van der Waals surface area contributed by atoms with E-state index in [1.807, 2.05) is 12.1 Å². The molecular weight excluding hydrogens is 214 g/mol. The van der Waals surface area contributed by atoms with Crippen LogP contribution >= 0.6 is 0 Å². The highest BCUT2D eigenvalue weighted by molar-refractivity contribution is 5.75. The Morgan fingerprint density at radius 1 is 1.53 bits per heavy atom. The van der Waals surface area contributed by atoms with Crippen LogP contribution in [0, 0.1) is 5.92 Å². The standard InChI is InChI=1S/C13H17N3O/c1-8-4-5-17-12(8)13-15-10-3-2-9(7-14)6-11(10)16-13/h2-3,6,8,12H,4-5,7,14H2,1H3,(H,15,16). The highest BCUT2D eigenvalue weighted by atomic mass is 16.5. The van der Waals surface area contributed by atoms with E-state index in [4.69, 9.17) is 10.5 Å². The minimum Gasteiger partial charge on any atom is -0.370 e. The van der Waals surface area contributed by atoms with E-state index in [0.717, 1.165) is 35.4 Å². The summed E-state index contributed by atoms with van der Waals surface area (Å²) in [6.45, 7) is 3.59. The molecule has 1 aliphatic heterocycles. The molecule has 4 heteroatoms. The number of aromatic amines is 1. The number of rotatable bonds is 2. The van der Waals surface area contributed by atoms with Crippen LogP contribution in [0.1, 0.15) is 30.8 Å². The number of nitrogens with zero attached hydrogens (tertiary/aromatic N) is 1. The van der Waals surface area contributed by atoms with Gasteiger partial charge in [-0.25, -0.2) is 4.98 Å². The van der Waals surface area contributed by atoms with Crippen LogP contribution in [-0.4, -0.2) is 16.6 Å². The average molecular weight is 231 g/mol. The fourth-order valence-electron chi connectivity index (χ4n) is 2.38. The van der Waals surface area contributed by atoms with Crippen molar-refractivity contribution in [2.45, 2.75) is 26.0 Å². The molecule has 2 unspecified atom stereocenters. The molecule has 1 aromatic heterocycles. The van der Waals surface area contributed by atoms with Crippen LogP contribution < -0.4 is 5.73 Å². The number of benzene rings is 1. The largest absolute Gasteiger partial charge is 0.370 e. The van der Waals surface area contributed by atoms with Crippen molar-refractivity contribution in [2.24, 2.45) is 11.7 Å². The lowest BCUT2D eigenvalue weighted by molar-refractivity contribution is 0.0883. The Morgan fingerprint density at radius 3 is 3.12 bits per heavy atom. The zero-order valence-electron chi connectivity index (χ0n) is 9.94. The molecule has 17 heavy (non-hydrogen) atoms. The molecule has 2 aromatic rings. The second kappa shape index (κ2) is 4.13. The zero-order valence-corrected chi connectivity index (χ0v) is 9.94. The predicted molar refractivity (Wildman–Crippen MR) is 66.5 cm³/mol. The van der Waals surface area contributed by atoms with Gasteiger partial charge in [0.1, 0.15) is 11.9 Å². The first kappa shape index (κ1) is 10.7. The number of fused-ring (bicyclic) bond motifs is 1. The normalized spacial score (nSPS) is 24.6. The molecule has 2 heterocycles. The Hall–Kier alpha value is -1.39. The van der Waals surface area contributed by atoms with E-state index in [-0.39, 0.29) is 6.10 Å². The summed E-state index contributed by atoms with van der Waals surface area (Å²) in [5.41, 5.74) is 8.78. The Labute approximate surface area is 100 Å². The second-order valence-electron chi connectivity index (χ2n) is 4.74. The first-order valence-electron chi connectivity index (χ1n) is 6.08. The molecule has 0 bridgehead atoms. The van der Waals surface area contributed by atoms with Crippen LogP contribution in [0.15, 0.2) is 18.2 Å². The van der Waals surface area contributed by atoms with Gasteiger partial charge in [0, 0.05) is 13.2 Å². The van der Waals surface area contributed by atoms with Crippen molar-refractivity contribution >= 4 is 11.0 Å². The van der Waals surface area contributed by atoms with Crippen LogP contribution in [0.3, 0.4) is 0 Å². The predicted octanol–water partition coefficient (Wildman–Crippen LogP) is 2.12. The van der Waals surface area contributed by atoms with E-state index in [2.05, 4.69) is 23.0 Å². The Morgan fingerprint density at radius 2 is 2.41 bits per heavy atom. The van der Waals surface area contributed by atoms with Gasteiger partial charge in [-0.2, -0.15) is 0 Å². The molecule has 3 N–H and O–H groups in total. The molecule has 3 rings (SSSR count). The maximum atomic E-state index is 5.72. The van der Waals surface area contributed by atoms with Crippen LogP contribution in [-0.2, 0) is 11.3 Å². The van der Waals surface area contributed by atoms with Crippen molar-refractivity contribution < 1.29 is 4.74 Å². The summed E-state index contributed by atoms with van der Waals surface area (Å²) < 4.78 is 5.72. The lowest BCUT2D eigenvalue weighted by Gasteiger charge is -2.10. The molecule has 0 aliphatic carbocycles. The lowest BCUT2D eigenvalue weighted by atomic mass is 10.0. The van der Waals surface area contributed by atoms with Crippen molar-refractivity contribution in [3.05, 3.63) is 29.6 Å². The van der Waals surface area contributed by atoms with Crippen LogP contribution in [0.25, 0.3) is 11.0 Å². The number of nitrogens with two attached hydrogens (primary N) is 1. The van der Waals surface area contributed by atoms with E-state index in [9.17, 15) is 0 Å². The number of imidazole rings is 1. The highest BCUT2D eigenvalue weighted by Gasteiger charge is 2.28. The molecule has 90 valence electrons. The van der Waals surface area contributed by atoms with Gasteiger partial charge in [0.25, 0.3) is 0 Å². The molecule has 1 fully saturated rings. The molecule has 1 aliphatic rings. The summed E-state index contributed by atoms with van der Waals surface area (Å²) in [6, 6.07) is 6.09. The van der Waals surface area contributed by atoms with Crippen molar-refractivity contribution in [1.29, 1.82) is 0 Å². The lowest BCUT2D eigenvalue weighted by Crippen LogP contribution is -2.05. The quantitative estimate of drug-likeness (QED) is 0.832. The summed E-state index contributed by atoms with van der Waals surface area (Å²) in [6.07, 6.45) is 1.22. The van der Waals surface area contributed by atoms with Gasteiger partial charge >= 0.3 is 0 Å². The Bertz CT molecular complexity index is 534. The van der Waals surface area contributed by atoms with E-state index in [0.29, 0.717) is 12.5 Å². The number of ether oxygens (including phenoxy) is 1. The third-order valence-corrected chi connectivity index (χ3v) is 3.46. The average Bonchev–Trinajstić information content (AvgIpc) is 2.93. The van der Waals surface area contributed by atoms with E-state index >= 15 is 0 Å². The smallest absolute Gasteiger partial charge is 0.136 e. The molecule has 1 saturated heterocycles. The Kier molecular flexibility index (Phi) is 2.61. The van der Waals surface area contributed by atoms with E-state index < -0.39 is 0 Å². The van der Waals surface area contributed by atoms with Crippen molar-refractivity contribution in [2.75, 3.05) is 6.61 Å². The third kappa shape index (κ3) is 1.83. The van der Waals surface area contributed by atoms with E-state index in [1.54, 1.807) is 0 Å². The van der Waals surface area contributed by atoms with Gasteiger partial charge in [-0.1, -0.05) is 13.0 Å². The van der Waals surface area contributed by atoms with Crippen molar-refractivity contribution in [3.8, 4) is 0 Å². The van der Waals surface area contributed by atoms with Crippen LogP contribution in [0.2, 0.25) is 0 Å². The minimum absolute atomic E-state index is 0.115. The van der Waals surface area contributed by atoms with Gasteiger partial charge in [-0.3, -0.25) is 0 Å². The zero-order chi connectivity index (χ0) is 11.8. The maximum Gasteiger partial charge on any atom is 0.136 e. The first-order valence-corrected chi connectivity index (χ1v) is 6.08. The summed E-state index contributed by atoms with van der Waals surface area (Å²) in [7, 11) is 0. The number of H-pyrrole nitrogens is 1. The molecule has 0 spiro atoms. The van der Waals surface area contributed by atoms with Crippen LogP contribution in [0.5, 0.6) is 0 Å². The van der Waals surface area contributed by atoms with Crippen LogP contribution in [0.4, 0.5) is 0 Å². The Balaban J connectivity index is 2.01. The van der Waals surface area contributed by atoms with Crippen molar-refractivity contribution in [1.82, 2.24) is 9.97 Å². The fourth-order valence-corrected chi connectivity index (χ4v) is 2.38. The fraction of sp³-hybridized carbons (Fsp3) is 0.462. The second-order valence-corrected chi connectivity index (χ2v) is 4.74. The third-order valence-electron chi connectivity index (χ3n) is 3.46. The number of aromatic nitrogens is 2. The summed E-state index contributed by atoms with van der Waals surface area (Å²) >= 11 is 0. The monoisotopic (exact) mass is 231 g/mol. The highest BCUT2D eigenvalue weighted by Crippen LogP contribution is 2.33. The molecule has 0 radical (unpaired) electrons. The number of hydrogen-bond acceptors (Lipinski definition) is 3.